The van der Waals surface area contributed by atoms with E-state index < -0.39 is 0 Å². The van der Waals surface area contributed by atoms with E-state index >= 15 is 0 Å². The van der Waals surface area contributed by atoms with Gasteiger partial charge in [-0.1, -0.05) is 26.0 Å². The van der Waals surface area contributed by atoms with E-state index in [-0.39, 0.29) is 0 Å². The summed E-state index contributed by atoms with van der Waals surface area (Å²) in [6.07, 6.45) is 8.03. The van der Waals surface area contributed by atoms with Crippen LogP contribution in [0.25, 0.3) is 0 Å². The van der Waals surface area contributed by atoms with Gasteiger partial charge in [-0.3, -0.25) is 0 Å². The molecular weight excluding hydrogens is 188 g/mol. The Balaban J connectivity index is 2.68. The number of hydrogen-bond donors (Lipinski definition) is 0. The minimum Gasteiger partial charge on any atom is -0.145 e. The van der Waals surface area contributed by atoms with E-state index in [4.69, 9.17) is 0 Å². The molecule has 1 heteroatoms. The molecule has 1 heterocycles. The van der Waals surface area contributed by atoms with Crippen molar-refractivity contribution >= 4 is 11.3 Å². The topological polar surface area (TPSA) is 0 Å². The SMILES string of the molecule is C/C=C\CC(CC)c1ccc(CC)s1. The van der Waals surface area contributed by atoms with Crippen LogP contribution < -0.4 is 0 Å². The van der Waals surface area contributed by atoms with Crippen LogP contribution in [0.4, 0.5) is 0 Å². The Morgan fingerprint density at radius 3 is 2.64 bits per heavy atom. The van der Waals surface area contributed by atoms with Gasteiger partial charge in [0.05, 0.1) is 0 Å². The molecule has 0 nitrogen and oxygen atoms in total. The molecule has 1 atom stereocenters. The molecule has 0 saturated heterocycles. The van der Waals surface area contributed by atoms with Crippen LogP contribution in [0.15, 0.2) is 24.3 Å². The standard InChI is InChI=1S/C13H20S/c1-4-7-8-11(5-2)13-10-9-12(6-3)14-13/h4,7,9-11H,5-6,8H2,1-3H3/b7-4-. The van der Waals surface area contributed by atoms with Gasteiger partial charge in [0.15, 0.2) is 0 Å². The third-order valence-electron chi connectivity index (χ3n) is 2.58. The van der Waals surface area contributed by atoms with Gasteiger partial charge in [0.25, 0.3) is 0 Å². The molecule has 0 saturated carbocycles. The van der Waals surface area contributed by atoms with Crippen molar-refractivity contribution < 1.29 is 0 Å². The molecule has 0 amide bonds. The Morgan fingerprint density at radius 2 is 2.14 bits per heavy atom. The summed E-state index contributed by atoms with van der Waals surface area (Å²) in [6, 6.07) is 4.58. The van der Waals surface area contributed by atoms with Crippen molar-refractivity contribution in [2.45, 2.75) is 46.0 Å². The number of thiophene rings is 1. The Labute approximate surface area is 91.7 Å². The smallest absolute Gasteiger partial charge is 0.00821 e. The maximum Gasteiger partial charge on any atom is 0.00821 e. The van der Waals surface area contributed by atoms with Crippen LogP contribution in [0.1, 0.15) is 49.3 Å². The van der Waals surface area contributed by atoms with E-state index in [9.17, 15) is 0 Å². The highest BCUT2D eigenvalue weighted by Gasteiger charge is 2.09. The molecule has 0 N–H and O–H groups in total. The molecule has 0 aliphatic rings. The number of aryl methyl sites for hydroxylation is 1. The molecule has 0 aliphatic heterocycles. The van der Waals surface area contributed by atoms with E-state index in [2.05, 4.69) is 45.1 Å². The summed E-state index contributed by atoms with van der Waals surface area (Å²) in [7, 11) is 0. The minimum absolute atomic E-state index is 0.733. The number of allylic oxidation sites excluding steroid dienone is 2. The lowest BCUT2D eigenvalue weighted by atomic mass is 10.0. The summed E-state index contributed by atoms with van der Waals surface area (Å²) >= 11 is 1.98. The molecular formula is C13H20S. The first kappa shape index (κ1) is 11.5. The predicted molar refractivity (Wildman–Crippen MR) is 66.2 cm³/mol. The second-order valence-electron chi connectivity index (χ2n) is 3.57. The zero-order valence-electron chi connectivity index (χ0n) is 9.42. The van der Waals surface area contributed by atoms with Crippen molar-refractivity contribution in [3.63, 3.8) is 0 Å². The average molecular weight is 208 g/mol. The quantitative estimate of drug-likeness (QED) is 0.611. The largest absolute Gasteiger partial charge is 0.145 e. The zero-order chi connectivity index (χ0) is 10.4. The molecule has 78 valence electrons. The van der Waals surface area contributed by atoms with Gasteiger partial charge >= 0.3 is 0 Å². The van der Waals surface area contributed by atoms with Gasteiger partial charge in [-0.15, -0.1) is 11.3 Å². The Morgan fingerprint density at radius 1 is 1.36 bits per heavy atom. The summed E-state index contributed by atoms with van der Waals surface area (Å²) < 4.78 is 0. The van der Waals surface area contributed by atoms with Crippen molar-refractivity contribution in [3.05, 3.63) is 34.0 Å². The van der Waals surface area contributed by atoms with E-state index in [1.165, 1.54) is 24.1 Å². The van der Waals surface area contributed by atoms with Crippen LogP contribution >= 0.6 is 11.3 Å². The van der Waals surface area contributed by atoms with Gasteiger partial charge in [-0.05, 0) is 44.2 Å². The number of rotatable bonds is 5. The average Bonchev–Trinajstić information content (AvgIpc) is 2.68. The summed E-state index contributed by atoms with van der Waals surface area (Å²) in [4.78, 5) is 3.07. The normalized spacial score (nSPS) is 13.6. The Hall–Kier alpha value is -0.560. The van der Waals surface area contributed by atoms with E-state index in [0.717, 1.165) is 5.92 Å². The Bertz CT molecular complexity index is 283. The van der Waals surface area contributed by atoms with Crippen molar-refractivity contribution in [1.82, 2.24) is 0 Å². The molecule has 0 radical (unpaired) electrons. The van der Waals surface area contributed by atoms with Crippen molar-refractivity contribution in [3.8, 4) is 0 Å². The summed E-state index contributed by atoms with van der Waals surface area (Å²) in [5, 5.41) is 0. The molecule has 0 fully saturated rings. The molecule has 1 rings (SSSR count). The fraction of sp³-hybridized carbons (Fsp3) is 0.538. The molecule has 0 spiro atoms. The van der Waals surface area contributed by atoms with Gasteiger partial charge in [-0.25, -0.2) is 0 Å². The zero-order valence-corrected chi connectivity index (χ0v) is 10.2. The van der Waals surface area contributed by atoms with Gasteiger partial charge < -0.3 is 0 Å². The first-order valence-electron chi connectivity index (χ1n) is 5.51. The molecule has 0 bridgehead atoms. The first-order valence-corrected chi connectivity index (χ1v) is 6.33. The van der Waals surface area contributed by atoms with Gasteiger partial charge in [0.1, 0.15) is 0 Å². The third-order valence-corrected chi connectivity index (χ3v) is 3.97. The minimum atomic E-state index is 0.733. The molecule has 14 heavy (non-hydrogen) atoms. The highest BCUT2D eigenvalue weighted by molar-refractivity contribution is 7.12. The van der Waals surface area contributed by atoms with Gasteiger partial charge in [0, 0.05) is 9.75 Å². The molecule has 0 aliphatic carbocycles. The van der Waals surface area contributed by atoms with Gasteiger partial charge in [0.2, 0.25) is 0 Å². The molecule has 1 aromatic rings. The summed E-state index contributed by atoms with van der Waals surface area (Å²) in [5.41, 5.74) is 0. The fourth-order valence-corrected chi connectivity index (χ4v) is 2.74. The van der Waals surface area contributed by atoms with E-state index in [0.29, 0.717) is 0 Å². The molecule has 1 aromatic heterocycles. The lowest BCUT2D eigenvalue weighted by Crippen LogP contribution is -1.91. The van der Waals surface area contributed by atoms with E-state index in [1.807, 2.05) is 11.3 Å². The second kappa shape index (κ2) is 6.02. The molecule has 1 unspecified atom stereocenters. The van der Waals surface area contributed by atoms with Crippen LogP contribution in [0.5, 0.6) is 0 Å². The third kappa shape index (κ3) is 2.98. The molecule has 0 aromatic carbocycles. The van der Waals surface area contributed by atoms with Crippen molar-refractivity contribution in [2.75, 3.05) is 0 Å². The predicted octanol–water partition coefficient (Wildman–Crippen LogP) is 4.77. The van der Waals surface area contributed by atoms with Crippen LogP contribution in [-0.2, 0) is 6.42 Å². The van der Waals surface area contributed by atoms with Crippen molar-refractivity contribution in [1.29, 1.82) is 0 Å². The summed E-state index contributed by atoms with van der Waals surface area (Å²) in [5.74, 6) is 0.733. The van der Waals surface area contributed by atoms with Crippen LogP contribution in [0.2, 0.25) is 0 Å². The maximum atomic E-state index is 2.31. The first-order chi connectivity index (χ1) is 6.81. The van der Waals surface area contributed by atoms with Crippen molar-refractivity contribution in [2.24, 2.45) is 0 Å². The highest BCUT2D eigenvalue weighted by Crippen LogP contribution is 2.30. The van der Waals surface area contributed by atoms with E-state index in [1.54, 1.807) is 4.88 Å². The lowest BCUT2D eigenvalue weighted by molar-refractivity contribution is 0.686. The van der Waals surface area contributed by atoms with Crippen LogP contribution in [-0.4, -0.2) is 0 Å². The lowest BCUT2D eigenvalue weighted by Gasteiger charge is -2.09. The highest BCUT2D eigenvalue weighted by atomic mass is 32.1. The van der Waals surface area contributed by atoms with Gasteiger partial charge in [-0.2, -0.15) is 0 Å². The second-order valence-corrected chi connectivity index (χ2v) is 4.77. The summed E-state index contributed by atoms with van der Waals surface area (Å²) in [6.45, 7) is 6.60. The maximum absolute atomic E-state index is 2.31. The van der Waals surface area contributed by atoms with Crippen LogP contribution in [0, 0.1) is 0 Å². The monoisotopic (exact) mass is 208 g/mol. The Kier molecular flexibility index (Phi) is 4.95. The van der Waals surface area contributed by atoms with Crippen LogP contribution in [0.3, 0.4) is 0 Å². The number of hydrogen-bond acceptors (Lipinski definition) is 1. The fourth-order valence-electron chi connectivity index (χ4n) is 1.59.